The zero-order valence-electron chi connectivity index (χ0n) is 17.3. The maximum absolute atomic E-state index is 14.9. The van der Waals surface area contributed by atoms with E-state index in [1.165, 1.54) is 29.2 Å². The number of rotatable bonds is 2. The Balaban J connectivity index is 2.05. The first-order valence-electron chi connectivity index (χ1n) is 9.90. The Bertz CT molecular complexity index is 1260. The first-order chi connectivity index (χ1) is 15.0. The summed E-state index contributed by atoms with van der Waals surface area (Å²) in [5.41, 5.74) is 6.46. The van der Waals surface area contributed by atoms with Crippen LogP contribution < -0.4 is 10.6 Å². The standard InChI is InChI=1S/C24H19BrF3N3O/c1-24(2)9-19-22(20(32)10-24)21(14-7-12(25)3-5-16(14)27)15(11-29)23(30)31(19)18-6-4-13(26)8-17(18)28/h3-8,21H,9-10,30H2,1-2H3. The largest absolute Gasteiger partial charge is 0.384 e. The number of Topliss-reactive ketones (excluding diaryl/α,β-unsaturated/α-hetero) is 1. The first-order valence-corrected chi connectivity index (χ1v) is 10.7. The molecule has 1 heterocycles. The normalized spacial score (nSPS) is 20.3. The minimum Gasteiger partial charge on any atom is -0.384 e. The zero-order chi connectivity index (χ0) is 23.4. The highest BCUT2D eigenvalue weighted by Crippen LogP contribution is 2.51. The Kier molecular flexibility index (Phi) is 5.41. The van der Waals surface area contributed by atoms with Crippen molar-refractivity contribution in [3.8, 4) is 6.07 Å². The number of carbonyl (C=O) groups excluding carboxylic acids is 1. The molecule has 4 rings (SSSR count). The first kappa shape index (κ1) is 22.2. The average molecular weight is 502 g/mol. The Hall–Kier alpha value is -3.05. The SMILES string of the molecule is CC1(C)CC(=O)C2=C(C1)N(c1ccc(F)cc1F)C(N)=C(C#N)C2c1cc(Br)ccc1F. The van der Waals surface area contributed by atoms with Gasteiger partial charge in [0.15, 0.2) is 5.78 Å². The second-order valence-electron chi connectivity index (χ2n) is 8.74. The fourth-order valence-electron chi connectivity index (χ4n) is 4.49. The molecule has 32 heavy (non-hydrogen) atoms. The highest BCUT2D eigenvalue weighted by Gasteiger charge is 2.45. The van der Waals surface area contributed by atoms with Crippen molar-refractivity contribution in [2.75, 3.05) is 4.90 Å². The summed E-state index contributed by atoms with van der Waals surface area (Å²) in [7, 11) is 0. The Morgan fingerprint density at radius 2 is 1.84 bits per heavy atom. The van der Waals surface area contributed by atoms with Gasteiger partial charge < -0.3 is 5.73 Å². The van der Waals surface area contributed by atoms with Gasteiger partial charge >= 0.3 is 0 Å². The number of hydrogen-bond acceptors (Lipinski definition) is 4. The summed E-state index contributed by atoms with van der Waals surface area (Å²) < 4.78 is 43.9. The number of nitriles is 1. The second-order valence-corrected chi connectivity index (χ2v) is 9.66. The van der Waals surface area contributed by atoms with E-state index in [9.17, 15) is 23.2 Å². The highest BCUT2D eigenvalue weighted by molar-refractivity contribution is 9.10. The van der Waals surface area contributed by atoms with Crippen molar-refractivity contribution < 1.29 is 18.0 Å². The third kappa shape index (κ3) is 3.61. The summed E-state index contributed by atoms with van der Waals surface area (Å²) in [5, 5.41) is 9.97. The molecule has 1 aliphatic carbocycles. The smallest absolute Gasteiger partial charge is 0.162 e. The summed E-state index contributed by atoms with van der Waals surface area (Å²) >= 11 is 3.31. The number of nitrogens with two attached hydrogens (primary N) is 1. The zero-order valence-corrected chi connectivity index (χ0v) is 18.9. The van der Waals surface area contributed by atoms with Crippen molar-refractivity contribution in [2.45, 2.75) is 32.6 Å². The number of ketones is 1. The Morgan fingerprint density at radius 3 is 2.50 bits per heavy atom. The fourth-order valence-corrected chi connectivity index (χ4v) is 4.87. The molecule has 8 heteroatoms. The monoisotopic (exact) mass is 501 g/mol. The molecule has 0 fully saturated rings. The molecule has 0 bridgehead atoms. The molecule has 0 radical (unpaired) electrons. The van der Waals surface area contributed by atoms with E-state index in [-0.39, 0.29) is 40.4 Å². The van der Waals surface area contributed by atoms with Gasteiger partial charge in [-0.2, -0.15) is 5.26 Å². The third-order valence-electron chi connectivity index (χ3n) is 5.80. The van der Waals surface area contributed by atoms with Gasteiger partial charge in [-0.15, -0.1) is 0 Å². The van der Waals surface area contributed by atoms with E-state index in [1.807, 2.05) is 19.9 Å². The fraction of sp³-hybridized carbons (Fsp3) is 0.250. The number of anilines is 1. The predicted octanol–water partition coefficient (Wildman–Crippen LogP) is 5.81. The molecular formula is C24H19BrF3N3O. The van der Waals surface area contributed by atoms with E-state index < -0.39 is 28.8 Å². The van der Waals surface area contributed by atoms with E-state index >= 15 is 0 Å². The van der Waals surface area contributed by atoms with Crippen LogP contribution in [-0.4, -0.2) is 5.78 Å². The molecule has 0 spiro atoms. The quantitative estimate of drug-likeness (QED) is 0.563. The number of benzene rings is 2. The molecule has 0 saturated heterocycles. The summed E-state index contributed by atoms with van der Waals surface area (Å²) in [6.45, 7) is 3.78. The summed E-state index contributed by atoms with van der Waals surface area (Å²) in [6.07, 6.45) is 0.507. The van der Waals surface area contributed by atoms with E-state index in [4.69, 9.17) is 5.73 Å². The average Bonchev–Trinajstić information content (AvgIpc) is 2.69. The molecule has 0 saturated carbocycles. The molecule has 2 aromatic carbocycles. The van der Waals surface area contributed by atoms with Crippen molar-refractivity contribution in [3.05, 3.63) is 86.6 Å². The highest BCUT2D eigenvalue weighted by atomic mass is 79.9. The summed E-state index contributed by atoms with van der Waals surface area (Å²) in [5.74, 6) is -3.67. The van der Waals surface area contributed by atoms with Gasteiger partial charge in [0, 0.05) is 33.8 Å². The van der Waals surface area contributed by atoms with Crippen LogP contribution in [0.4, 0.5) is 18.9 Å². The van der Waals surface area contributed by atoms with Crippen LogP contribution in [0.3, 0.4) is 0 Å². The lowest BCUT2D eigenvalue weighted by atomic mass is 9.68. The number of hydrogen-bond donors (Lipinski definition) is 1. The van der Waals surface area contributed by atoms with Gasteiger partial charge in [0.2, 0.25) is 0 Å². The van der Waals surface area contributed by atoms with Crippen LogP contribution in [0.25, 0.3) is 0 Å². The van der Waals surface area contributed by atoms with Crippen molar-refractivity contribution in [2.24, 2.45) is 11.1 Å². The van der Waals surface area contributed by atoms with Gasteiger partial charge in [0.1, 0.15) is 23.3 Å². The van der Waals surface area contributed by atoms with Crippen molar-refractivity contribution in [1.82, 2.24) is 0 Å². The minimum absolute atomic E-state index is 0.0717. The molecule has 1 unspecified atom stereocenters. The summed E-state index contributed by atoms with van der Waals surface area (Å²) in [6, 6.07) is 9.27. The molecule has 1 aliphatic heterocycles. The number of carbonyl (C=O) groups is 1. The third-order valence-corrected chi connectivity index (χ3v) is 6.29. The van der Waals surface area contributed by atoms with Crippen LogP contribution in [0.5, 0.6) is 0 Å². The van der Waals surface area contributed by atoms with Crippen LogP contribution in [0.15, 0.2) is 63.5 Å². The number of allylic oxidation sites excluding steroid dienone is 3. The minimum atomic E-state index is -1.03. The number of halogens is 4. The lowest BCUT2D eigenvalue weighted by molar-refractivity contribution is -0.118. The van der Waals surface area contributed by atoms with Crippen molar-refractivity contribution in [3.63, 3.8) is 0 Å². The van der Waals surface area contributed by atoms with Crippen LogP contribution >= 0.6 is 15.9 Å². The molecule has 1 atom stereocenters. The molecule has 164 valence electrons. The van der Waals surface area contributed by atoms with E-state index in [0.717, 1.165) is 6.07 Å². The molecule has 0 amide bonds. The van der Waals surface area contributed by atoms with Crippen molar-refractivity contribution in [1.29, 1.82) is 5.26 Å². The van der Waals surface area contributed by atoms with E-state index in [0.29, 0.717) is 22.7 Å². The van der Waals surface area contributed by atoms with Crippen LogP contribution in [-0.2, 0) is 4.79 Å². The lowest BCUT2D eigenvalue weighted by Crippen LogP contribution is -2.42. The molecule has 4 nitrogen and oxygen atoms in total. The summed E-state index contributed by atoms with van der Waals surface area (Å²) in [4.78, 5) is 14.7. The van der Waals surface area contributed by atoms with Crippen LogP contribution in [0.2, 0.25) is 0 Å². The maximum atomic E-state index is 14.9. The van der Waals surface area contributed by atoms with Gasteiger partial charge in [-0.1, -0.05) is 29.8 Å². The van der Waals surface area contributed by atoms with E-state index in [2.05, 4.69) is 15.9 Å². The van der Waals surface area contributed by atoms with Gasteiger partial charge in [0.25, 0.3) is 0 Å². The Labute approximate surface area is 191 Å². The predicted molar refractivity (Wildman–Crippen MR) is 118 cm³/mol. The molecule has 0 aromatic heterocycles. The topological polar surface area (TPSA) is 70.1 Å². The molecule has 2 aliphatic rings. The van der Waals surface area contributed by atoms with Gasteiger partial charge in [-0.3, -0.25) is 9.69 Å². The van der Waals surface area contributed by atoms with E-state index in [1.54, 1.807) is 0 Å². The van der Waals surface area contributed by atoms with Crippen molar-refractivity contribution >= 4 is 27.4 Å². The number of nitrogens with zero attached hydrogens (tertiary/aromatic N) is 2. The second kappa shape index (κ2) is 7.82. The Morgan fingerprint density at radius 1 is 1.12 bits per heavy atom. The molecule has 2 aromatic rings. The maximum Gasteiger partial charge on any atom is 0.162 e. The molecule has 2 N–H and O–H groups in total. The molecular weight excluding hydrogens is 483 g/mol. The van der Waals surface area contributed by atoms with Gasteiger partial charge in [0.05, 0.1) is 23.2 Å². The van der Waals surface area contributed by atoms with Gasteiger partial charge in [-0.25, -0.2) is 13.2 Å². The van der Waals surface area contributed by atoms with Crippen LogP contribution in [0, 0.1) is 34.2 Å². The van der Waals surface area contributed by atoms with Gasteiger partial charge in [-0.05, 0) is 42.2 Å². The lowest BCUT2D eigenvalue weighted by Gasteiger charge is -2.43. The van der Waals surface area contributed by atoms with Crippen LogP contribution in [0.1, 0.15) is 38.2 Å².